The number of nitrogen functional groups attached to an aromatic ring is 1. The summed E-state index contributed by atoms with van der Waals surface area (Å²) in [5, 5.41) is 14.7. The van der Waals surface area contributed by atoms with Crippen LogP contribution in [0, 0.1) is 0 Å². The van der Waals surface area contributed by atoms with Crippen molar-refractivity contribution in [3.8, 4) is 0 Å². The molecule has 0 fully saturated rings. The number of esters is 1. The fourth-order valence-corrected chi connectivity index (χ4v) is 4.41. The Labute approximate surface area is 244 Å². The van der Waals surface area contributed by atoms with Crippen LogP contribution in [0.15, 0.2) is 84.6 Å². The van der Waals surface area contributed by atoms with E-state index in [1.54, 1.807) is 66.7 Å². The standard InChI is InChI=1S/C32H35N3O7/c1-40-32(39)24-14-12-22(13-15-24)25-18-28(42-29(19-25)41-17-5-4-16-36)31(38)34-20-21-8-10-23(11-9-21)30(37)35-27-7-3-2-6-26(27)33/h2-3,6-15,18,25,29,36H,4-5,16-17,19-20,33H2,1H3,(H,34,38)(H,35,37)/t25-,29+/m1/s1. The van der Waals surface area contributed by atoms with E-state index in [9.17, 15) is 14.4 Å². The highest BCUT2D eigenvalue weighted by atomic mass is 16.7. The van der Waals surface area contributed by atoms with Crippen LogP contribution >= 0.6 is 0 Å². The van der Waals surface area contributed by atoms with E-state index in [2.05, 4.69) is 10.6 Å². The van der Waals surface area contributed by atoms with Gasteiger partial charge in [0.15, 0.2) is 5.76 Å². The summed E-state index contributed by atoms with van der Waals surface area (Å²) in [6.45, 7) is 0.670. The molecule has 1 aliphatic rings. The predicted octanol–water partition coefficient (Wildman–Crippen LogP) is 4.13. The molecule has 42 heavy (non-hydrogen) atoms. The van der Waals surface area contributed by atoms with E-state index < -0.39 is 18.2 Å². The number of carbonyl (C=O) groups is 3. The maximum Gasteiger partial charge on any atom is 0.337 e. The van der Waals surface area contributed by atoms with Gasteiger partial charge in [0, 0.05) is 31.1 Å². The second kappa shape index (κ2) is 14.8. The normalized spacial score (nSPS) is 16.1. The van der Waals surface area contributed by atoms with E-state index in [-0.39, 0.29) is 30.7 Å². The number of anilines is 2. The number of para-hydroxylation sites is 2. The molecule has 0 unspecified atom stereocenters. The molecule has 0 saturated carbocycles. The summed E-state index contributed by atoms with van der Waals surface area (Å²) in [5.74, 6) is -1.18. The number of nitrogens with two attached hydrogens (primary N) is 1. The molecular weight excluding hydrogens is 538 g/mol. The topological polar surface area (TPSA) is 149 Å². The second-order valence-corrected chi connectivity index (χ2v) is 9.76. The van der Waals surface area contributed by atoms with E-state index in [1.807, 2.05) is 12.1 Å². The number of rotatable bonds is 12. The molecule has 3 aromatic rings. The molecule has 0 saturated heterocycles. The summed E-state index contributed by atoms with van der Waals surface area (Å²) in [6, 6.07) is 20.9. The number of unbranched alkanes of at least 4 members (excludes halogenated alkanes) is 1. The van der Waals surface area contributed by atoms with Gasteiger partial charge < -0.3 is 35.7 Å². The van der Waals surface area contributed by atoms with Crippen LogP contribution in [-0.4, -0.2) is 49.5 Å². The number of carbonyl (C=O) groups excluding carboxylic acids is 3. The molecular formula is C32H35N3O7. The first-order valence-electron chi connectivity index (χ1n) is 13.7. The molecule has 0 bridgehead atoms. The summed E-state index contributed by atoms with van der Waals surface area (Å²) < 4.78 is 16.5. The fraction of sp³-hybridized carbons (Fsp3) is 0.281. The number of hydrogen-bond donors (Lipinski definition) is 4. The predicted molar refractivity (Wildman–Crippen MR) is 157 cm³/mol. The smallest absolute Gasteiger partial charge is 0.337 e. The zero-order valence-electron chi connectivity index (χ0n) is 23.4. The van der Waals surface area contributed by atoms with Crippen molar-refractivity contribution < 1.29 is 33.7 Å². The molecule has 1 aliphatic heterocycles. The molecule has 0 aliphatic carbocycles. The Bertz CT molecular complexity index is 1400. The van der Waals surface area contributed by atoms with Crippen molar-refractivity contribution >= 4 is 29.2 Å². The fourth-order valence-electron chi connectivity index (χ4n) is 4.41. The van der Waals surface area contributed by atoms with Crippen LogP contribution in [0.1, 0.15) is 57.0 Å². The Morgan fingerprint density at radius 3 is 2.36 bits per heavy atom. The molecule has 220 valence electrons. The number of methoxy groups -OCH3 is 1. The molecule has 10 nitrogen and oxygen atoms in total. The van der Waals surface area contributed by atoms with Gasteiger partial charge in [0.25, 0.3) is 11.8 Å². The lowest BCUT2D eigenvalue weighted by atomic mass is 9.92. The average Bonchev–Trinajstić information content (AvgIpc) is 3.02. The molecule has 0 radical (unpaired) electrons. The first-order valence-corrected chi connectivity index (χ1v) is 13.7. The van der Waals surface area contributed by atoms with Gasteiger partial charge in [0.2, 0.25) is 6.29 Å². The third-order valence-electron chi connectivity index (χ3n) is 6.78. The summed E-state index contributed by atoms with van der Waals surface area (Å²) in [5.41, 5.74) is 9.49. The van der Waals surface area contributed by atoms with Gasteiger partial charge in [0.1, 0.15) is 0 Å². The molecule has 0 spiro atoms. The lowest BCUT2D eigenvalue weighted by Crippen LogP contribution is -2.32. The number of hydrogen-bond acceptors (Lipinski definition) is 8. The number of amides is 2. The summed E-state index contributed by atoms with van der Waals surface area (Å²) in [4.78, 5) is 37.6. The van der Waals surface area contributed by atoms with E-state index in [1.165, 1.54) is 7.11 Å². The van der Waals surface area contributed by atoms with Gasteiger partial charge in [-0.2, -0.15) is 0 Å². The lowest BCUT2D eigenvalue weighted by Gasteiger charge is -2.29. The first kappa shape index (κ1) is 30.3. The molecule has 2 atom stereocenters. The molecule has 2 amide bonds. The quantitative estimate of drug-likeness (QED) is 0.144. The van der Waals surface area contributed by atoms with Gasteiger partial charge >= 0.3 is 5.97 Å². The summed E-state index contributed by atoms with van der Waals surface area (Å²) >= 11 is 0. The van der Waals surface area contributed by atoms with Gasteiger partial charge in [-0.05, 0) is 66.4 Å². The average molecular weight is 574 g/mol. The molecule has 3 aromatic carbocycles. The molecule has 5 N–H and O–H groups in total. The highest BCUT2D eigenvalue weighted by molar-refractivity contribution is 6.05. The number of benzene rings is 3. The maximum atomic E-state index is 13.1. The van der Waals surface area contributed by atoms with Crippen molar-refractivity contribution in [2.45, 2.75) is 38.0 Å². The van der Waals surface area contributed by atoms with E-state index in [0.29, 0.717) is 48.4 Å². The minimum Gasteiger partial charge on any atom is -0.465 e. The van der Waals surface area contributed by atoms with Gasteiger partial charge in [-0.25, -0.2) is 4.79 Å². The molecule has 0 aromatic heterocycles. The highest BCUT2D eigenvalue weighted by Crippen LogP contribution is 2.32. The molecule has 4 rings (SSSR count). The Hall–Kier alpha value is -4.67. The van der Waals surface area contributed by atoms with Crippen molar-refractivity contribution in [3.05, 3.63) is 107 Å². The van der Waals surface area contributed by atoms with Gasteiger partial charge in [-0.3, -0.25) is 9.59 Å². The van der Waals surface area contributed by atoms with Crippen LogP contribution in [-0.2, 0) is 25.5 Å². The lowest BCUT2D eigenvalue weighted by molar-refractivity contribution is -0.146. The number of allylic oxidation sites excluding steroid dienone is 1. The second-order valence-electron chi connectivity index (χ2n) is 9.76. The third-order valence-corrected chi connectivity index (χ3v) is 6.78. The van der Waals surface area contributed by atoms with Crippen LogP contribution in [0.3, 0.4) is 0 Å². The van der Waals surface area contributed by atoms with Crippen LogP contribution < -0.4 is 16.4 Å². The largest absolute Gasteiger partial charge is 0.465 e. The van der Waals surface area contributed by atoms with Gasteiger partial charge in [-0.1, -0.05) is 36.4 Å². The van der Waals surface area contributed by atoms with E-state index in [0.717, 1.165) is 11.1 Å². The molecule has 1 heterocycles. The van der Waals surface area contributed by atoms with E-state index in [4.69, 9.17) is 25.1 Å². The number of aliphatic hydroxyl groups excluding tert-OH is 1. The van der Waals surface area contributed by atoms with E-state index >= 15 is 0 Å². The maximum absolute atomic E-state index is 13.1. The number of ether oxygens (including phenoxy) is 3. The SMILES string of the molecule is COC(=O)c1ccc([C@@H]2C=C(C(=O)NCc3ccc(C(=O)Nc4ccccc4N)cc3)O[C@H](OCCCCO)C2)cc1. The first-order chi connectivity index (χ1) is 20.4. The van der Waals surface area contributed by atoms with Crippen molar-refractivity contribution in [2.75, 3.05) is 31.4 Å². The Balaban J connectivity index is 1.40. The number of nitrogens with one attached hydrogen (secondary N) is 2. The van der Waals surface area contributed by atoms with Crippen LogP contribution in [0.4, 0.5) is 11.4 Å². The number of aliphatic hydroxyl groups is 1. The Kier molecular flexibility index (Phi) is 10.7. The summed E-state index contributed by atoms with van der Waals surface area (Å²) in [7, 11) is 1.33. The van der Waals surface area contributed by atoms with Gasteiger partial charge in [0.05, 0.1) is 30.7 Å². The highest BCUT2D eigenvalue weighted by Gasteiger charge is 2.29. The summed E-state index contributed by atoms with van der Waals surface area (Å²) in [6.07, 6.45) is 2.84. The minimum atomic E-state index is -0.656. The minimum absolute atomic E-state index is 0.0743. The third kappa shape index (κ3) is 8.18. The van der Waals surface area contributed by atoms with Crippen molar-refractivity contribution in [2.24, 2.45) is 0 Å². The zero-order chi connectivity index (χ0) is 29.9. The van der Waals surface area contributed by atoms with Crippen molar-refractivity contribution in [1.29, 1.82) is 0 Å². The van der Waals surface area contributed by atoms with Gasteiger partial charge in [-0.15, -0.1) is 0 Å². The van der Waals surface area contributed by atoms with Crippen molar-refractivity contribution in [1.82, 2.24) is 5.32 Å². The van der Waals surface area contributed by atoms with Crippen LogP contribution in [0.5, 0.6) is 0 Å². The monoisotopic (exact) mass is 573 g/mol. The van der Waals surface area contributed by atoms with Crippen molar-refractivity contribution in [3.63, 3.8) is 0 Å². The van der Waals surface area contributed by atoms with Crippen LogP contribution in [0.25, 0.3) is 0 Å². The molecule has 10 heteroatoms. The zero-order valence-corrected chi connectivity index (χ0v) is 23.4. The van der Waals surface area contributed by atoms with Crippen LogP contribution in [0.2, 0.25) is 0 Å². The Morgan fingerprint density at radius 1 is 0.952 bits per heavy atom. The Morgan fingerprint density at radius 2 is 1.67 bits per heavy atom.